The van der Waals surface area contributed by atoms with Gasteiger partial charge in [-0.25, -0.2) is 4.68 Å². The third-order valence-corrected chi connectivity index (χ3v) is 4.53. The Labute approximate surface area is 127 Å². The van der Waals surface area contributed by atoms with Crippen molar-refractivity contribution in [1.29, 1.82) is 0 Å². The molecule has 112 valence electrons. The summed E-state index contributed by atoms with van der Waals surface area (Å²) in [6.07, 6.45) is 9.10. The minimum atomic E-state index is 0.484. The molecular weight excluding hydrogens is 258 g/mol. The average Bonchev–Trinajstić information content (AvgIpc) is 2.98. The summed E-state index contributed by atoms with van der Waals surface area (Å²) in [7, 11) is 0. The smallest absolute Gasteiger partial charge is 0.0690 e. The highest BCUT2D eigenvalue weighted by molar-refractivity contribution is 5.40. The maximum Gasteiger partial charge on any atom is 0.0690 e. The maximum atomic E-state index is 4.35. The molecule has 1 aromatic heterocycles. The quantitative estimate of drug-likeness (QED) is 0.921. The molecule has 3 rings (SSSR count). The van der Waals surface area contributed by atoms with Gasteiger partial charge in [0.15, 0.2) is 0 Å². The summed E-state index contributed by atoms with van der Waals surface area (Å²) in [4.78, 5) is 0. The molecule has 3 heteroatoms. The molecule has 3 nitrogen and oxygen atoms in total. The van der Waals surface area contributed by atoms with Crippen molar-refractivity contribution in [2.75, 3.05) is 0 Å². The van der Waals surface area contributed by atoms with Crippen molar-refractivity contribution in [2.24, 2.45) is 5.41 Å². The summed E-state index contributed by atoms with van der Waals surface area (Å²) in [5, 5.41) is 8.11. The van der Waals surface area contributed by atoms with Gasteiger partial charge in [-0.15, -0.1) is 0 Å². The first-order valence-corrected chi connectivity index (χ1v) is 7.95. The first kappa shape index (κ1) is 14.3. The summed E-state index contributed by atoms with van der Waals surface area (Å²) in [6.45, 7) is 5.69. The zero-order chi connectivity index (χ0) is 14.7. The van der Waals surface area contributed by atoms with Gasteiger partial charge in [0.1, 0.15) is 0 Å². The van der Waals surface area contributed by atoms with E-state index < -0.39 is 0 Å². The molecule has 1 aliphatic carbocycles. The van der Waals surface area contributed by atoms with Crippen LogP contribution in [0.5, 0.6) is 0 Å². The van der Waals surface area contributed by atoms with Crippen LogP contribution in [0, 0.1) is 5.41 Å². The second kappa shape index (κ2) is 6.02. The lowest BCUT2D eigenvalue weighted by Crippen LogP contribution is -2.37. The van der Waals surface area contributed by atoms with Crippen molar-refractivity contribution in [2.45, 2.75) is 52.1 Å². The van der Waals surface area contributed by atoms with Crippen LogP contribution in [-0.2, 0) is 6.54 Å². The zero-order valence-electron chi connectivity index (χ0n) is 13.0. The van der Waals surface area contributed by atoms with E-state index in [9.17, 15) is 0 Å². The molecule has 0 amide bonds. The maximum absolute atomic E-state index is 4.35. The number of para-hydroxylation sites is 1. The molecule has 0 bridgehead atoms. The fraction of sp³-hybridized carbons (Fsp3) is 0.500. The topological polar surface area (TPSA) is 29.9 Å². The van der Waals surface area contributed by atoms with Gasteiger partial charge >= 0.3 is 0 Å². The van der Waals surface area contributed by atoms with E-state index in [-0.39, 0.29) is 0 Å². The molecule has 1 unspecified atom stereocenters. The van der Waals surface area contributed by atoms with Crippen LogP contribution in [0.3, 0.4) is 0 Å². The first-order chi connectivity index (χ1) is 10.1. The van der Waals surface area contributed by atoms with E-state index in [0.29, 0.717) is 11.5 Å². The lowest BCUT2D eigenvalue weighted by atomic mass is 9.75. The van der Waals surface area contributed by atoms with Gasteiger partial charge in [-0.1, -0.05) is 38.5 Å². The summed E-state index contributed by atoms with van der Waals surface area (Å²) < 4.78 is 1.95. The molecule has 1 fully saturated rings. The monoisotopic (exact) mass is 283 g/mol. The van der Waals surface area contributed by atoms with Gasteiger partial charge in [0, 0.05) is 25.0 Å². The van der Waals surface area contributed by atoms with Crippen LogP contribution in [0.2, 0.25) is 0 Å². The van der Waals surface area contributed by atoms with Gasteiger partial charge in [-0.3, -0.25) is 0 Å². The van der Waals surface area contributed by atoms with Crippen LogP contribution < -0.4 is 5.32 Å². The number of rotatable bonds is 4. The predicted molar refractivity (Wildman–Crippen MR) is 86.4 cm³/mol. The fourth-order valence-corrected chi connectivity index (χ4v) is 3.42. The molecule has 1 aromatic carbocycles. The molecule has 1 aliphatic rings. The zero-order valence-corrected chi connectivity index (χ0v) is 13.0. The van der Waals surface area contributed by atoms with Crippen molar-refractivity contribution in [3.8, 4) is 5.69 Å². The Kier molecular flexibility index (Phi) is 4.11. The molecule has 0 radical (unpaired) electrons. The highest BCUT2D eigenvalue weighted by atomic mass is 15.3. The number of nitrogens with zero attached hydrogens (tertiary/aromatic N) is 2. The second-order valence-corrected chi connectivity index (χ2v) is 6.92. The van der Waals surface area contributed by atoms with Crippen molar-refractivity contribution >= 4 is 0 Å². The molecule has 0 saturated heterocycles. The Balaban J connectivity index is 1.68. The minimum absolute atomic E-state index is 0.484. The van der Waals surface area contributed by atoms with Crippen molar-refractivity contribution in [1.82, 2.24) is 15.1 Å². The van der Waals surface area contributed by atoms with Crippen LogP contribution >= 0.6 is 0 Å². The number of hydrogen-bond acceptors (Lipinski definition) is 2. The SMILES string of the molecule is CC1(C)CCCC(NCc2ccccc2-n2cccn2)C1. The van der Waals surface area contributed by atoms with E-state index in [2.05, 4.69) is 48.5 Å². The van der Waals surface area contributed by atoms with Crippen LogP contribution in [0.4, 0.5) is 0 Å². The van der Waals surface area contributed by atoms with E-state index in [4.69, 9.17) is 0 Å². The Bertz CT molecular complexity index is 572. The highest BCUT2D eigenvalue weighted by Gasteiger charge is 2.27. The lowest BCUT2D eigenvalue weighted by molar-refractivity contribution is 0.198. The summed E-state index contributed by atoms with van der Waals surface area (Å²) in [5.41, 5.74) is 2.96. The predicted octanol–water partition coefficient (Wildman–Crippen LogP) is 3.93. The number of nitrogens with one attached hydrogen (secondary N) is 1. The minimum Gasteiger partial charge on any atom is -0.310 e. The Hall–Kier alpha value is -1.61. The van der Waals surface area contributed by atoms with Gasteiger partial charge in [-0.05, 0) is 42.4 Å². The van der Waals surface area contributed by atoms with Gasteiger partial charge in [0.05, 0.1) is 5.69 Å². The largest absolute Gasteiger partial charge is 0.310 e. The molecule has 1 heterocycles. The van der Waals surface area contributed by atoms with Crippen LogP contribution in [0.1, 0.15) is 45.1 Å². The van der Waals surface area contributed by atoms with Crippen LogP contribution in [-0.4, -0.2) is 15.8 Å². The molecule has 1 atom stereocenters. The van der Waals surface area contributed by atoms with E-state index in [1.165, 1.54) is 36.9 Å². The van der Waals surface area contributed by atoms with E-state index in [0.717, 1.165) is 6.54 Å². The van der Waals surface area contributed by atoms with Gasteiger partial charge in [-0.2, -0.15) is 5.10 Å². The third kappa shape index (κ3) is 3.53. The van der Waals surface area contributed by atoms with Crippen LogP contribution in [0.15, 0.2) is 42.7 Å². The summed E-state index contributed by atoms with van der Waals surface area (Å²) >= 11 is 0. The van der Waals surface area contributed by atoms with Crippen LogP contribution in [0.25, 0.3) is 5.69 Å². The Morgan fingerprint density at radius 1 is 1.29 bits per heavy atom. The van der Waals surface area contributed by atoms with Gasteiger partial charge < -0.3 is 5.32 Å². The molecule has 21 heavy (non-hydrogen) atoms. The van der Waals surface area contributed by atoms with Crippen molar-refractivity contribution in [3.63, 3.8) is 0 Å². The molecule has 1 N–H and O–H groups in total. The Morgan fingerprint density at radius 2 is 2.14 bits per heavy atom. The molecule has 1 saturated carbocycles. The highest BCUT2D eigenvalue weighted by Crippen LogP contribution is 2.35. The van der Waals surface area contributed by atoms with E-state index >= 15 is 0 Å². The Morgan fingerprint density at radius 3 is 2.90 bits per heavy atom. The first-order valence-electron chi connectivity index (χ1n) is 7.95. The van der Waals surface area contributed by atoms with Gasteiger partial charge in [0.25, 0.3) is 0 Å². The second-order valence-electron chi connectivity index (χ2n) is 6.92. The number of aromatic nitrogens is 2. The number of hydrogen-bond donors (Lipinski definition) is 1. The summed E-state index contributed by atoms with van der Waals surface area (Å²) in [5.74, 6) is 0. The third-order valence-electron chi connectivity index (χ3n) is 4.53. The molecule has 2 aromatic rings. The number of benzene rings is 1. The normalized spacial score (nSPS) is 21.3. The average molecular weight is 283 g/mol. The van der Waals surface area contributed by atoms with Crippen molar-refractivity contribution in [3.05, 3.63) is 48.3 Å². The standard InChI is InChI=1S/C18H25N3/c1-18(2)10-5-8-16(13-18)19-14-15-7-3-4-9-17(15)21-12-6-11-20-21/h3-4,6-7,9,11-12,16,19H,5,8,10,13-14H2,1-2H3. The molecule has 0 aliphatic heterocycles. The summed E-state index contributed by atoms with van der Waals surface area (Å²) in [6, 6.07) is 11.1. The van der Waals surface area contributed by atoms with E-state index in [1.807, 2.05) is 23.1 Å². The van der Waals surface area contributed by atoms with Gasteiger partial charge in [0.2, 0.25) is 0 Å². The molecule has 0 spiro atoms. The molecular formula is C18H25N3. The van der Waals surface area contributed by atoms with E-state index in [1.54, 1.807) is 0 Å². The van der Waals surface area contributed by atoms with Crippen molar-refractivity contribution < 1.29 is 0 Å². The fourth-order valence-electron chi connectivity index (χ4n) is 3.42. The lowest BCUT2D eigenvalue weighted by Gasteiger charge is -2.35.